The van der Waals surface area contributed by atoms with Gasteiger partial charge in [-0.15, -0.1) is 0 Å². The second-order valence-electron chi connectivity index (χ2n) is 20.4. The lowest BCUT2D eigenvalue weighted by Crippen LogP contribution is -2.47. The molecule has 0 aromatic rings. The molecule has 0 aliphatic rings. The summed E-state index contributed by atoms with van der Waals surface area (Å²) >= 11 is 0. The van der Waals surface area contributed by atoms with E-state index >= 15 is 0 Å². The van der Waals surface area contributed by atoms with Crippen LogP contribution in [-0.4, -0.2) is 69.4 Å². The van der Waals surface area contributed by atoms with Crippen LogP contribution in [0, 0.1) is 0 Å². The number of likely N-dealkylation sites (N-methyl/N-ethyl adjacent to an activating group) is 1. The van der Waals surface area contributed by atoms with E-state index in [1.807, 2.05) is 39.4 Å². The average molecular weight is 1000 g/mol. The first kappa shape index (κ1) is 67.5. The van der Waals surface area contributed by atoms with Gasteiger partial charge in [0, 0.05) is 12.8 Å². The van der Waals surface area contributed by atoms with Crippen LogP contribution in [0.2, 0.25) is 0 Å². The van der Waals surface area contributed by atoms with Gasteiger partial charge in [0.05, 0.1) is 33.8 Å². The SMILES string of the molecule is CCCCC/C=C\C/C=C\C/C=C\CCCCCCCCC(=O)OC(/C=C\CCCCCCCCCCCC)C(COP(=O)([O-])OCC[N+](C)(C)C)NC(=O)CC/C=C/C/C=C\CCCCCCCC. The van der Waals surface area contributed by atoms with E-state index in [2.05, 4.69) is 80.8 Å². The van der Waals surface area contributed by atoms with Crippen molar-refractivity contribution in [3.63, 3.8) is 0 Å². The van der Waals surface area contributed by atoms with Gasteiger partial charge in [0.15, 0.2) is 0 Å². The molecule has 0 saturated carbocycles. The smallest absolute Gasteiger partial charge is 0.306 e. The molecular formula is C60H109N2O7P. The third-order valence-corrected chi connectivity index (χ3v) is 13.3. The van der Waals surface area contributed by atoms with Gasteiger partial charge in [0.25, 0.3) is 7.82 Å². The summed E-state index contributed by atoms with van der Waals surface area (Å²) in [5, 5.41) is 2.97. The van der Waals surface area contributed by atoms with Crippen molar-refractivity contribution in [2.24, 2.45) is 0 Å². The number of ether oxygens (including phenoxy) is 1. The van der Waals surface area contributed by atoms with Crippen molar-refractivity contribution < 1.29 is 37.3 Å². The van der Waals surface area contributed by atoms with Crippen LogP contribution in [0.15, 0.2) is 72.9 Å². The van der Waals surface area contributed by atoms with Gasteiger partial charge in [-0.3, -0.25) is 14.2 Å². The molecule has 0 aliphatic heterocycles. The molecule has 70 heavy (non-hydrogen) atoms. The van der Waals surface area contributed by atoms with Crippen LogP contribution in [0.3, 0.4) is 0 Å². The summed E-state index contributed by atoms with van der Waals surface area (Å²) < 4.78 is 30.2. The highest BCUT2D eigenvalue weighted by Gasteiger charge is 2.27. The lowest BCUT2D eigenvalue weighted by Gasteiger charge is -2.30. The number of nitrogens with zero attached hydrogens (tertiary/aromatic N) is 1. The molecule has 0 spiro atoms. The molecule has 0 fully saturated rings. The largest absolute Gasteiger partial charge is 0.756 e. The lowest BCUT2D eigenvalue weighted by molar-refractivity contribution is -0.870. The predicted molar refractivity (Wildman–Crippen MR) is 298 cm³/mol. The molecule has 10 heteroatoms. The summed E-state index contributed by atoms with van der Waals surface area (Å²) in [7, 11) is 1.14. The maximum absolute atomic E-state index is 13.4. The highest BCUT2D eigenvalue weighted by Crippen LogP contribution is 2.38. The number of phosphoric acid groups is 1. The van der Waals surface area contributed by atoms with E-state index in [0.29, 0.717) is 23.9 Å². The van der Waals surface area contributed by atoms with Crippen molar-refractivity contribution in [1.29, 1.82) is 0 Å². The van der Waals surface area contributed by atoms with E-state index in [-0.39, 0.29) is 31.3 Å². The van der Waals surface area contributed by atoms with E-state index in [1.54, 1.807) is 0 Å². The summed E-state index contributed by atoms with van der Waals surface area (Å²) in [6.07, 6.45) is 63.1. The zero-order valence-corrected chi connectivity index (χ0v) is 47.1. The Hall–Kier alpha value is -2.55. The Kier molecular flexibility index (Phi) is 48.2. The van der Waals surface area contributed by atoms with Crippen LogP contribution in [-0.2, 0) is 27.9 Å². The third-order valence-electron chi connectivity index (χ3n) is 12.4. The second kappa shape index (κ2) is 50.0. The summed E-state index contributed by atoms with van der Waals surface area (Å²) in [6, 6.07) is -0.925. The topological polar surface area (TPSA) is 114 Å². The van der Waals surface area contributed by atoms with Crippen LogP contribution in [0.4, 0.5) is 0 Å². The molecule has 0 radical (unpaired) electrons. The predicted octanol–water partition coefficient (Wildman–Crippen LogP) is 16.6. The first-order valence-electron chi connectivity index (χ1n) is 28.7. The lowest BCUT2D eigenvalue weighted by atomic mass is 10.1. The van der Waals surface area contributed by atoms with Crippen molar-refractivity contribution in [3.05, 3.63) is 72.9 Å². The van der Waals surface area contributed by atoms with Gasteiger partial charge >= 0.3 is 5.97 Å². The van der Waals surface area contributed by atoms with Crippen LogP contribution >= 0.6 is 7.82 Å². The molecule has 3 unspecified atom stereocenters. The summed E-state index contributed by atoms with van der Waals surface area (Å²) in [6.45, 7) is 6.74. The van der Waals surface area contributed by atoms with Crippen LogP contribution in [0.1, 0.15) is 245 Å². The Bertz CT molecular complexity index is 1430. The number of carbonyl (C=O) groups excluding carboxylic acids is 2. The number of hydrogen-bond donors (Lipinski definition) is 1. The number of amides is 1. The number of esters is 1. The Labute approximate surface area is 432 Å². The summed E-state index contributed by atoms with van der Waals surface area (Å²) in [5.74, 6) is -0.636. The van der Waals surface area contributed by atoms with Crippen LogP contribution < -0.4 is 10.2 Å². The highest BCUT2D eigenvalue weighted by atomic mass is 31.2. The Morgan fingerprint density at radius 2 is 0.886 bits per heavy atom. The quantitative estimate of drug-likeness (QED) is 0.0212. The number of hydrogen-bond acceptors (Lipinski definition) is 7. The number of allylic oxidation sites excluding steroid dienone is 11. The molecular weight excluding hydrogens is 892 g/mol. The molecule has 9 nitrogen and oxygen atoms in total. The van der Waals surface area contributed by atoms with E-state index in [0.717, 1.165) is 83.5 Å². The maximum atomic E-state index is 13.4. The van der Waals surface area contributed by atoms with E-state index in [4.69, 9.17) is 13.8 Å². The Balaban J connectivity index is 5.41. The summed E-state index contributed by atoms with van der Waals surface area (Å²) in [5.41, 5.74) is 0. The molecule has 0 aliphatic carbocycles. The molecule has 0 heterocycles. The van der Waals surface area contributed by atoms with Crippen LogP contribution in [0.25, 0.3) is 0 Å². The van der Waals surface area contributed by atoms with Crippen molar-refractivity contribution in [2.45, 2.75) is 258 Å². The molecule has 0 rings (SSSR count). The fourth-order valence-corrected chi connectivity index (χ4v) is 8.59. The minimum atomic E-state index is -4.71. The van der Waals surface area contributed by atoms with Crippen LogP contribution in [0.5, 0.6) is 0 Å². The first-order chi connectivity index (χ1) is 33.9. The normalized spacial score (nSPS) is 14.3. The average Bonchev–Trinajstić information content (AvgIpc) is 3.32. The molecule has 1 amide bonds. The summed E-state index contributed by atoms with van der Waals surface area (Å²) in [4.78, 5) is 39.8. The molecule has 0 bridgehead atoms. The number of rotatable bonds is 51. The fourth-order valence-electron chi connectivity index (χ4n) is 7.87. The molecule has 0 aromatic heterocycles. The van der Waals surface area contributed by atoms with Crippen molar-refractivity contribution >= 4 is 19.7 Å². The van der Waals surface area contributed by atoms with Gasteiger partial charge in [-0.25, -0.2) is 0 Å². The maximum Gasteiger partial charge on any atom is 0.306 e. The fraction of sp³-hybridized carbons (Fsp3) is 0.767. The molecule has 0 aromatic carbocycles. The number of carbonyl (C=O) groups is 2. The minimum absolute atomic E-state index is 0.0360. The molecule has 3 atom stereocenters. The molecule has 1 N–H and O–H groups in total. The van der Waals surface area contributed by atoms with E-state index in [1.165, 1.54) is 116 Å². The van der Waals surface area contributed by atoms with Gasteiger partial charge in [-0.2, -0.15) is 0 Å². The molecule has 0 saturated heterocycles. The Morgan fingerprint density at radius 1 is 0.500 bits per heavy atom. The second-order valence-corrected chi connectivity index (χ2v) is 21.8. The molecule has 406 valence electrons. The van der Waals surface area contributed by atoms with Gasteiger partial charge in [-0.1, -0.05) is 216 Å². The van der Waals surface area contributed by atoms with Crippen molar-refractivity contribution in [3.8, 4) is 0 Å². The Morgan fingerprint density at radius 3 is 1.36 bits per heavy atom. The number of quaternary nitrogens is 1. The standard InChI is InChI=1S/C60H109N2O7P/c1-7-10-13-16-19-22-25-28-29-30-31-32-33-35-38-41-44-47-50-53-60(64)69-58(51-48-45-42-39-36-27-24-21-18-15-12-9-3)57(56-68-70(65,66)67-55-54-62(4,5)6)61-59(63)52-49-46-43-40-37-34-26-23-20-17-14-11-8-2/h19,22,28-29,31-32,34,37,43,46,48,51,57-58H,7-18,20-21,23-27,30,33,35-36,38-42,44-45,47,49-50,52-56H2,1-6H3,(H-,61,63,65,66)/b22-19-,29-28-,32-31-,37-34-,46-43+,51-48-. The van der Waals surface area contributed by atoms with E-state index in [9.17, 15) is 19.0 Å². The zero-order valence-electron chi connectivity index (χ0n) is 46.2. The highest BCUT2D eigenvalue weighted by molar-refractivity contribution is 7.45. The van der Waals surface area contributed by atoms with Gasteiger partial charge < -0.3 is 28.5 Å². The number of nitrogens with one attached hydrogen (secondary N) is 1. The van der Waals surface area contributed by atoms with Gasteiger partial charge in [0.1, 0.15) is 19.3 Å². The number of unbranched alkanes of at least 4 members (excludes halogenated alkanes) is 25. The number of phosphoric ester groups is 1. The van der Waals surface area contributed by atoms with Gasteiger partial charge in [0.2, 0.25) is 5.91 Å². The van der Waals surface area contributed by atoms with Crippen molar-refractivity contribution in [1.82, 2.24) is 5.32 Å². The van der Waals surface area contributed by atoms with Gasteiger partial charge in [-0.05, 0) is 89.5 Å². The van der Waals surface area contributed by atoms with E-state index < -0.39 is 26.6 Å². The third kappa shape index (κ3) is 50.4. The minimum Gasteiger partial charge on any atom is -0.756 e. The van der Waals surface area contributed by atoms with Crippen molar-refractivity contribution in [2.75, 3.05) is 40.9 Å². The first-order valence-corrected chi connectivity index (χ1v) is 30.2. The zero-order chi connectivity index (χ0) is 51.5. The monoisotopic (exact) mass is 1000 g/mol.